The second-order valence-corrected chi connectivity index (χ2v) is 9.66. The summed E-state index contributed by atoms with van der Waals surface area (Å²) in [6.07, 6.45) is 0.730. The van der Waals surface area contributed by atoms with Crippen molar-refractivity contribution in [2.24, 2.45) is 0 Å². The smallest absolute Gasteiger partial charge is 0.341 e. The van der Waals surface area contributed by atoms with Gasteiger partial charge in [-0.25, -0.2) is 4.79 Å². The average Bonchev–Trinajstić information content (AvgIpc) is 3.20. The second kappa shape index (κ2) is 10.2. The predicted molar refractivity (Wildman–Crippen MR) is 137 cm³/mol. The van der Waals surface area contributed by atoms with Crippen molar-refractivity contribution in [2.45, 2.75) is 40.7 Å². The van der Waals surface area contributed by atoms with Crippen LogP contribution >= 0.6 is 46.8 Å². The van der Waals surface area contributed by atoms with Crippen molar-refractivity contribution in [2.75, 3.05) is 17.7 Å². The van der Waals surface area contributed by atoms with Crippen molar-refractivity contribution in [1.82, 2.24) is 9.78 Å². The Balaban J connectivity index is 1.80. The first-order valence-electron chi connectivity index (χ1n) is 9.92. The van der Waals surface area contributed by atoms with Crippen molar-refractivity contribution in [3.8, 4) is 0 Å². The van der Waals surface area contributed by atoms with Crippen LogP contribution in [0.25, 0.3) is 0 Å². The number of carbonyl (C=O) groups excluding carboxylic acids is 1. The maximum absolute atomic E-state index is 12.3. The van der Waals surface area contributed by atoms with Gasteiger partial charge in [0, 0.05) is 4.88 Å². The van der Waals surface area contributed by atoms with E-state index in [1.165, 1.54) is 18.4 Å². The number of methoxy groups -OCH3 is 1. The van der Waals surface area contributed by atoms with Gasteiger partial charge < -0.3 is 15.4 Å². The first-order valence-corrected chi connectivity index (χ1v) is 11.9. The standard InChI is InChI=1S/C22H24Cl2N4O2S2/c1-6-15-13(4)32-20(18(15)21(29)30-5)26-22(31)25-19-11(2)27-28(12(19)3)10-14-7-8-16(23)17(24)9-14/h7-9H,6,10H2,1-5H3,(H2,25,26,31). The van der Waals surface area contributed by atoms with E-state index in [0.29, 0.717) is 32.3 Å². The van der Waals surface area contributed by atoms with E-state index in [9.17, 15) is 4.79 Å². The lowest BCUT2D eigenvalue weighted by Gasteiger charge is -2.12. The predicted octanol–water partition coefficient (Wildman–Crippen LogP) is 6.38. The zero-order valence-electron chi connectivity index (χ0n) is 18.4. The Morgan fingerprint density at radius 3 is 2.56 bits per heavy atom. The number of anilines is 2. The Morgan fingerprint density at radius 2 is 1.94 bits per heavy atom. The summed E-state index contributed by atoms with van der Waals surface area (Å²) in [5, 5.41) is 13.1. The van der Waals surface area contributed by atoms with Crippen molar-refractivity contribution in [1.29, 1.82) is 0 Å². The molecule has 0 unspecified atom stereocenters. The van der Waals surface area contributed by atoms with E-state index in [2.05, 4.69) is 15.7 Å². The van der Waals surface area contributed by atoms with Crippen LogP contribution in [0.3, 0.4) is 0 Å². The van der Waals surface area contributed by atoms with Gasteiger partial charge in [0.2, 0.25) is 0 Å². The summed E-state index contributed by atoms with van der Waals surface area (Å²) in [5.74, 6) is -0.377. The fourth-order valence-corrected chi connectivity index (χ4v) is 5.23. The highest BCUT2D eigenvalue weighted by atomic mass is 35.5. The SMILES string of the molecule is CCc1c(C)sc(NC(=S)Nc2c(C)nn(Cc3ccc(Cl)c(Cl)c3)c2C)c1C(=O)OC. The number of nitrogens with one attached hydrogen (secondary N) is 2. The monoisotopic (exact) mass is 510 g/mol. The molecular formula is C22H24Cl2N4O2S2. The zero-order valence-corrected chi connectivity index (χ0v) is 21.6. The number of carbonyl (C=O) groups is 1. The summed E-state index contributed by atoms with van der Waals surface area (Å²) >= 11 is 19.2. The molecule has 6 nitrogen and oxygen atoms in total. The molecule has 1 aromatic carbocycles. The lowest BCUT2D eigenvalue weighted by molar-refractivity contribution is 0.0601. The van der Waals surface area contributed by atoms with Crippen LogP contribution in [0.1, 0.15) is 44.7 Å². The molecule has 0 saturated carbocycles. The van der Waals surface area contributed by atoms with E-state index in [-0.39, 0.29) is 5.97 Å². The number of aromatic nitrogens is 2. The second-order valence-electron chi connectivity index (χ2n) is 7.22. The normalized spacial score (nSPS) is 10.8. The molecule has 2 heterocycles. The molecule has 10 heteroatoms. The summed E-state index contributed by atoms with van der Waals surface area (Å²) in [4.78, 5) is 13.4. The van der Waals surface area contributed by atoms with E-state index in [1.807, 2.05) is 44.5 Å². The minimum atomic E-state index is -0.377. The first kappa shape index (κ1) is 24.5. The highest BCUT2D eigenvalue weighted by Gasteiger charge is 2.23. The Labute approximate surface area is 206 Å². The molecule has 2 aromatic heterocycles. The van der Waals surface area contributed by atoms with Crippen LogP contribution in [0, 0.1) is 20.8 Å². The molecule has 170 valence electrons. The highest BCUT2D eigenvalue weighted by molar-refractivity contribution is 7.80. The van der Waals surface area contributed by atoms with Crippen LogP contribution in [-0.2, 0) is 17.7 Å². The molecular weight excluding hydrogens is 487 g/mol. The molecule has 0 aliphatic heterocycles. The van der Waals surface area contributed by atoms with Gasteiger partial charge in [-0.15, -0.1) is 11.3 Å². The fraction of sp³-hybridized carbons (Fsp3) is 0.318. The third-order valence-corrected chi connectivity index (χ3v) is 7.12. The Morgan fingerprint density at radius 1 is 1.22 bits per heavy atom. The molecule has 0 aliphatic rings. The van der Waals surface area contributed by atoms with Crippen LogP contribution < -0.4 is 10.6 Å². The Kier molecular flexibility index (Phi) is 7.82. The van der Waals surface area contributed by atoms with Gasteiger partial charge in [0.25, 0.3) is 0 Å². The van der Waals surface area contributed by atoms with E-state index >= 15 is 0 Å². The van der Waals surface area contributed by atoms with Gasteiger partial charge in [-0.1, -0.05) is 36.2 Å². The first-order chi connectivity index (χ1) is 15.2. The number of rotatable bonds is 6. The molecule has 0 amide bonds. The lowest BCUT2D eigenvalue weighted by atomic mass is 10.1. The summed E-state index contributed by atoms with van der Waals surface area (Å²) < 4.78 is 6.86. The summed E-state index contributed by atoms with van der Waals surface area (Å²) in [5.41, 5.74) is 5.02. The number of aryl methyl sites for hydroxylation is 2. The molecule has 0 spiro atoms. The van der Waals surface area contributed by atoms with Gasteiger partial charge in [0.15, 0.2) is 5.11 Å². The molecule has 0 atom stereocenters. The van der Waals surface area contributed by atoms with E-state index in [0.717, 1.165) is 39.5 Å². The van der Waals surface area contributed by atoms with Crippen molar-refractivity contribution >= 4 is 68.5 Å². The van der Waals surface area contributed by atoms with Gasteiger partial charge in [-0.3, -0.25) is 4.68 Å². The number of esters is 1. The average molecular weight is 512 g/mol. The molecule has 0 bridgehead atoms. The van der Waals surface area contributed by atoms with Gasteiger partial charge in [-0.05, 0) is 62.7 Å². The number of thiophene rings is 1. The zero-order chi connectivity index (χ0) is 23.6. The van der Waals surface area contributed by atoms with Gasteiger partial charge >= 0.3 is 5.97 Å². The lowest BCUT2D eigenvalue weighted by Crippen LogP contribution is -2.21. The summed E-state index contributed by atoms with van der Waals surface area (Å²) in [6.45, 7) is 8.41. The highest BCUT2D eigenvalue weighted by Crippen LogP contribution is 2.34. The maximum Gasteiger partial charge on any atom is 0.341 e. The molecule has 0 aliphatic carbocycles. The molecule has 0 saturated heterocycles. The maximum atomic E-state index is 12.3. The van der Waals surface area contributed by atoms with Crippen LogP contribution in [0.4, 0.5) is 10.7 Å². The minimum Gasteiger partial charge on any atom is -0.465 e. The summed E-state index contributed by atoms with van der Waals surface area (Å²) in [6, 6.07) is 5.52. The van der Waals surface area contributed by atoms with Crippen molar-refractivity contribution < 1.29 is 9.53 Å². The molecule has 0 fully saturated rings. The number of nitrogens with zero attached hydrogens (tertiary/aromatic N) is 2. The fourth-order valence-electron chi connectivity index (χ4n) is 3.50. The number of halogens is 2. The number of hydrogen-bond acceptors (Lipinski definition) is 5. The quantitative estimate of drug-likeness (QED) is 0.296. The number of hydrogen-bond donors (Lipinski definition) is 2. The van der Waals surface area contributed by atoms with E-state index < -0.39 is 0 Å². The van der Waals surface area contributed by atoms with Crippen molar-refractivity contribution in [3.05, 3.63) is 61.2 Å². The number of ether oxygens (including phenoxy) is 1. The van der Waals surface area contributed by atoms with Crippen LogP contribution in [-0.4, -0.2) is 28.0 Å². The van der Waals surface area contributed by atoms with Gasteiger partial charge in [0.05, 0.1) is 46.3 Å². The molecule has 32 heavy (non-hydrogen) atoms. The largest absolute Gasteiger partial charge is 0.465 e. The third kappa shape index (κ3) is 5.09. The van der Waals surface area contributed by atoms with Gasteiger partial charge in [-0.2, -0.15) is 5.10 Å². The molecule has 2 N–H and O–H groups in total. The van der Waals surface area contributed by atoms with Crippen molar-refractivity contribution in [3.63, 3.8) is 0 Å². The van der Waals surface area contributed by atoms with Gasteiger partial charge in [0.1, 0.15) is 5.00 Å². The molecule has 0 radical (unpaired) electrons. The van der Waals surface area contributed by atoms with E-state index in [1.54, 1.807) is 6.07 Å². The number of thiocarbonyl (C=S) groups is 1. The van der Waals surface area contributed by atoms with Crippen LogP contribution in [0.5, 0.6) is 0 Å². The topological polar surface area (TPSA) is 68.2 Å². The number of benzene rings is 1. The van der Waals surface area contributed by atoms with E-state index in [4.69, 9.17) is 40.2 Å². The summed E-state index contributed by atoms with van der Waals surface area (Å²) in [7, 11) is 1.38. The molecule has 3 rings (SSSR count). The third-order valence-electron chi connectivity index (χ3n) is 5.12. The van der Waals surface area contributed by atoms with Crippen LogP contribution in [0.15, 0.2) is 18.2 Å². The minimum absolute atomic E-state index is 0.374. The van der Waals surface area contributed by atoms with Crippen LogP contribution in [0.2, 0.25) is 10.0 Å². The Hall–Kier alpha value is -2.13. The Bertz CT molecular complexity index is 1190. The molecule has 3 aromatic rings.